The molecule has 1 heterocycles. The van der Waals surface area contributed by atoms with Crippen LogP contribution in [0.3, 0.4) is 0 Å². The monoisotopic (exact) mass is 457 g/mol. The molecule has 1 N–H and O–H groups in total. The Kier molecular flexibility index (Phi) is 4.35. The van der Waals surface area contributed by atoms with E-state index in [1.165, 1.54) is 11.3 Å². The Morgan fingerprint density at radius 2 is 1.89 bits per heavy atom. The first-order valence-electron chi connectivity index (χ1n) is 4.93. The van der Waals surface area contributed by atoms with E-state index in [1.54, 1.807) is 18.2 Å². The fourth-order valence-electron chi connectivity index (χ4n) is 1.29. The summed E-state index contributed by atoms with van der Waals surface area (Å²) >= 11 is 6.71. The number of hydrogen-bond acceptors (Lipinski definition) is 3. The van der Waals surface area contributed by atoms with Crippen LogP contribution in [0.2, 0.25) is 0 Å². The van der Waals surface area contributed by atoms with E-state index >= 15 is 0 Å². The molecule has 0 aliphatic rings. The zero-order valence-corrected chi connectivity index (χ0v) is 14.7. The second-order valence-electron chi connectivity index (χ2n) is 3.63. The third-order valence-electron chi connectivity index (χ3n) is 2.20. The summed E-state index contributed by atoms with van der Waals surface area (Å²) in [5, 5.41) is 0. The van der Waals surface area contributed by atoms with Crippen molar-refractivity contribution in [3.8, 4) is 0 Å². The summed E-state index contributed by atoms with van der Waals surface area (Å²) in [5.41, 5.74) is 1.49. The van der Waals surface area contributed by atoms with Gasteiger partial charge in [0, 0.05) is 9.26 Å². The molecule has 0 amide bonds. The molecule has 2 aromatic rings. The molecular weight excluding hydrogens is 449 g/mol. The molecule has 0 fully saturated rings. The average Bonchev–Trinajstić information content (AvgIpc) is 2.63. The smallest absolute Gasteiger partial charge is 0.271 e. The predicted molar refractivity (Wildman–Crippen MR) is 86.7 cm³/mol. The molecule has 0 radical (unpaired) electrons. The number of halogens is 2. The molecule has 2 rings (SSSR count). The fraction of sp³-hybridized carbons (Fsp3) is 0.0909. The maximum atomic E-state index is 12.1. The van der Waals surface area contributed by atoms with Gasteiger partial charge in [-0.15, -0.1) is 11.3 Å². The van der Waals surface area contributed by atoms with E-state index in [0.717, 1.165) is 12.9 Å². The normalized spacial score (nSPS) is 11.5. The third kappa shape index (κ3) is 3.25. The summed E-state index contributed by atoms with van der Waals surface area (Å²) in [7, 11) is -3.49. The lowest BCUT2D eigenvalue weighted by molar-refractivity contribution is 0.603. The number of sulfonamides is 1. The van der Waals surface area contributed by atoms with E-state index in [9.17, 15) is 8.42 Å². The highest BCUT2D eigenvalue weighted by Crippen LogP contribution is 2.31. The molecule has 0 spiro atoms. The first kappa shape index (κ1) is 14.3. The molecule has 1 aromatic carbocycles. The van der Waals surface area contributed by atoms with Gasteiger partial charge in [-0.1, -0.05) is 0 Å². The van der Waals surface area contributed by atoms with Gasteiger partial charge in [0.2, 0.25) is 0 Å². The largest absolute Gasteiger partial charge is 0.279 e. The highest BCUT2D eigenvalue weighted by atomic mass is 127. The standard InChI is InChI=1S/C11H9BrINO2S2/c1-7-6-10(17-11(7)12)18(15,16)14-9-4-2-8(13)3-5-9/h2-6,14H,1H3. The lowest BCUT2D eigenvalue weighted by Gasteiger charge is -2.05. The third-order valence-corrected chi connectivity index (χ3v) is 6.91. The fourth-order valence-corrected chi connectivity index (χ4v) is 4.93. The van der Waals surface area contributed by atoms with Crippen molar-refractivity contribution in [2.75, 3.05) is 4.72 Å². The average molecular weight is 458 g/mol. The van der Waals surface area contributed by atoms with Gasteiger partial charge in [0.25, 0.3) is 10.0 Å². The van der Waals surface area contributed by atoms with Crippen molar-refractivity contribution in [2.45, 2.75) is 11.1 Å². The Bertz CT molecular complexity index is 645. The predicted octanol–water partition coefficient (Wildman–Crippen LogP) is 4.22. The van der Waals surface area contributed by atoms with Crippen LogP contribution in [0.25, 0.3) is 0 Å². The van der Waals surface area contributed by atoms with Crippen LogP contribution in [0.5, 0.6) is 0 Å². The van der Waals surface area contributed by atoms with Crippen molar-refractivity contribution in [1.29, 1.82) is 0 Å². The van der Waals surface area contributed by atoms with Crippen molar-refractivity contribution in [3.05, 3.63) is 43.3 Å². The second kappa shape index (κ2) is 5.48. The van der Waals surface area contributed by atoms with E-state index in [1.807, 2.05) is 19.1 Å². The Labute approximate surface area is 132 Å². The lowest BCUT2D eigenvalue weighted by atomic mass is 10.3. The molecule has 0 bridgehead atoms. The first-order valence-corrected chi connectivity index (χ1v) is 9.10. The van der Waals surface area contributed by atoms with Crippen LogP contribution in [0.4, 0.5) is 5.69 Å². The van der Waals surface area contributed by atoms with Crippen molar-refractivity contribution < 1.29 is 8.42 Å². The molecule has 0 atom stereocenters. The van der Waals surface area contributed by atoms with Gasteiger partial charge in [-0.25, -0.2) is 8.42 Å². The topological polar surface area (TPSA) is 46.2 Å². The number of nitrogens with one attached hydrogen (secondary N) is 1. The maximum absolute atomic E-state index is 12.1. The quantitative estimate of drug-likeness (QED) is 0.701. The van der Waals surface area contributed by atoms with Crippen molar-refractivity contribution in [2.24, 2.45) is 0 Å². The van der Waals surface area contributed by atoms with Crippen molar-refractivity contribution in [3.63, 3.8) is 0 Å². The van der Waals surface area contributed by atoms with Gasteiger partial charge in [-0.2, -0.15) is 0 Å². The van der Waals surface area contributed by atoms with Gasteiger partial charge < -0.3 is 0 Å². The van der Waals surface area contributed by atoms with Crippen LogP contribution in [0.15, 0.2) is 38.3 Å². The Hall–Kier alpha value is -0.120. The van der Waals surface area contributed by atoms with Crippen LogP contribution < -0.4 is 4.72 Å². The van der Waals surface area contributed by atoms with Crippen molar-refractivity contribution in [1.82, 2.24) is 0 Å². The molecule has 3 nitrogen and oxygen atoms in total. The maximum Gasteiger partial charge on any atom is 0.271 e. The second-order valence-corrected chi connectivity index (χ2v) is 9.16. The van der Waals surface area contributed by atoms with Crippen LogP contribution in [0.1, 0.15) is 5.56 Å². The molecule has 0 saturated carbocycles. The summed E-state index contributed by atoms with van der Waals surface area (Å²) in [4.78, 5) is 0. The molecular formula is C11H9BrINO2S2. The number of aryl methyl sites for hydroxylation is 1. The van der Waals surface area contributed by atoms with Crippen LogP contribution >= 0.6 is 49.9 Å². The van der Waals surface area contributed by atoms with E-state index < -0.39 is 10.0 Å². The molecule has 18 heavy (non-hydrogen) atoms. The minimum Gasteiger partial charge on any atom is -0.279 e. The number of thiophene rings is 1. The number of rotatable bonds is 3. The van der Waals surface area contributed by atoms with Gasteiger partial charge >= 0.3 is 0 Å². The lowest BCUT2D eigenvalue weighted by Crippen LogP contribution is -2.11. The summed E-state index contributed by atoms with van der Waals surface area (Å²) in [6.07, 6.45) is 0. The van der Waals surface area contributed by atoms with E-state index in [0.29, 0.717) is 9.90 Å². The van der Waals surface area contributed by atoms with Gasteiger partial charge in [-0.3, -0.25) is 4.72 Å². The summed E-state index contributed by atoms with van der Waals surface area (Å²) < 4.78 is 29.0. The molecule has 96 valence electrons. The summed E-state index contributed by atoms with van der Waals surface area (Å²) in [5.74, 6) is 0. The van der Waals surface area contributed by atoms with Gasteiger partial charge in [0.1, 0.15) is 4.21 Å². The Morgan fingerprint density at radius 1 is 1.28 bits per heavy atom. The minimum atomic E-state index is -3.49. The first-order chi connectivity index (χ1) is 8.38. The van der Waals surface area contributed by atoms with E-state index in [2.05, 4.69) is 43.2 Å². The Morgan fingerprint density at radius 3 is 2.39 bits per heavy atom. The number of benzene rings is 1. The molecule has 7 heteroatoms. The highest BCUT2D eigenvalue weighted by molar-refractivity contribution is 14.1. The summed E-state index contributed by atoms with van der Waals surface area (Å²) in [6, 6.07) is 8.86. The van der Waals surface area contributed by atoms with E-state index in [-0.39, 0.29) is 0 Å². The zero-order chi connectivity index (χ0) is 13.3. The summed E-state index contributed by atoms with van der Waals surface area (Å²) in [6.45, 7) is 1.87. The zero-order valence-electron chi connectivity index (χ0n) is 9.28. The van der Waals surface area contributed by atoms with Crippen molar-refractivity contribution >= 4 is 65.6 Å². The van der Waals surface area contributed by atoms with Crippen LogP contribution in [-0.4, -0.2) is 8.42 Å². The van der Waals surface area contributed by atoms with E-state index in [4.69, 9.17) is 0 Å². The van der Waals surface area contributed by atoms with Crippen LogP contribution in [-0.2, 0) is 10.0 Å². The number of anilines is 1. The minimum absolute atomic E-state index is 0.311. The van der Waals surface area contributed by atoms with Gasteiger partial charge in [0.05, 0.1) is 3.79 Å². The molecule has 0 saturated heterocycles. The molecule has 0 aliphatic heterocycles. The Balaban J connectivity index is 2.29. The highest BCUT2D eigenvalue weighted by Gasteiger charge is 2.18. The van der Waals surface area contributed by atoms with Crippen LogP contribution in [0, 0.1) is 10.5 Å². The SMILES string of the molecule is Cc1cc(S(=O)(=O)Nc2ccc(I)cc2)sc1Br. The van der Waals surface area contributed by atoms with Gasteiger partial charge in [0.15, 0.2) is 0 Å². The molecule has 0 unspecified atom stereocenters. The van der Waals surface area contributed by atoms with Gasteiger partial charge in [-0.05, 0) is 81.3 Å². The molecule has 1 aromatic heterocycles. The number of hydrogen-bond donors (Lipinski definition) is 1. The molecule has 0 aliphatic carbocycles.